The Labute approximate surface area is 152 Å². The van der Waals surface area contributed by atoms with Crippen molar-refractivity contribution in [1.82, 2.24) is 25.8 Å². The third kappa shape index (κ3) is 3.70. The molecule has 0 atom stereocenters. The van der Waals surface area contributed by atoms with Crippen molar-refractivity contribution in [2.24, 2.45) is 0 Å². The largest absolute Gasteiger partial charge is 0.292 e. The molecular formula is C17H13ClFN5O2. The third-order valence-corrected chi connectivity index (χ3v) is 3.79. The predicted octanol–water partition coefficient (Wildman–Crippen LogP) is 2.44. The molecule has 0 aliphatic heterocycles. The van der Waals surface area contributed by atoms with Crippen LogP contribution in [0.5, 0.6) is 0 Å². The molecule has 0 aliphatic rings. The fourth-order valence-electron chi connectivity index (χ4n) is 2.24. The van der Waals surface area contributed by atoms with Gasteiger partial charge in [-0.2, -0.15) is 0 Å². The van der Waals surface area contributed by atoms with Gasteiger partial charge in [-0.05, 0) is 49.4 Å². The minimum absolute atomic E-state index is 0.0457. The Morgan fingerprint density at radius 2 is 1.77 bits per heavy atom. The van der Waals surface area contributed by atoms with Gasteiger partial charge in [-0.25, -0.2) is 9.07 Å². The van der Waals surface area contributed by atoms with Gasteiger partial charge in [-0.1, -0.05) is 22.9 Å². The number of halogens is 2. The first-order valence-electron chi connectivity index (χ1n) is 7.50. The molecule has 9 heteroatoms. The van der Waals surface area contributed by atoms with E-state index in [-0.39, 0.29) is 11.3 Å². The number of aromatic nitrogens is 3. The molecule has 0 spiro atoms. The number of nitrogens with one attached hydrogen (secondary N) is 2. The van der Waals surface area contributed by atoms with Crippen molar-refractivity contribution in [3.8, 4) is 5.69 Å². The fraction of sp³-hybridized carbons (Fsp3) is 0.0588. The maximum Gasteiger partial charge on any atom is 0.292 e. The summed E-state index contributed by atoms with van der Waals surface area (Å²) in [6.45, 7) is 1.66. The molecule has 3 aromatic rings. The first kappa shape index (κ1) is 17.6. The molecule has 0 radical (unpaired) electrons. The zero-order chi connectivity index (χ0) is 18.7. The summed E-state index contributed by atoms with van der Waals surface area (Å²) in [4.78, 5) is 24.2. The van der Waals surface area contributed by atoms with Crippen LogP contribution in [0, 0.1) is 12.7 Å². The van der Waals surface area contributed by atoms with E-state index in [0.717, 1.165) is 12.1 Å². The minimum Gasteiger partial charge on any atom is -0.267 e. The average Bonchev–Trinajstić information content (AvgIpc) is 3.01. The second kappa shape index (κ2) is 7.32. The number of amides is 2. The molecule has 0 saturated heterocycles. The molecular weight excluding hydrogens is 361 g/mol. The quantitative estimate of drug-likeness (QED) is 0.690. The van der Waals surface area contributed by atoms with Gasteiger partial charge in [0.15, 0.2) is 5.69 Å². The summed E-state index contributed by atoms with van der Waals surface area (Å²) in [5.41, 5.74) is 5.87. The highest BCUT2D eigenvalue weighted by molar-refractivity contribution is 6.30. The molecule has 7 nitrogen and oxygen atoms in total. The summed E-state index contributed by atoms with van der Waals surface area (Å²) >= 11 is 5.96. The molecule has 0 bridgehead atoms. The van der Waals surface area contributed by atoms with E-state index >= 15 is 0 Å². The van der Waals surface area contributed by atoms with E-state index in [4.69, 9.17) is 11.6 Å². The molecule has 0 aliphatic carbocycles. The van der Waals surface area contributed by atoms with Crippen molar-refractivity contribution in [1.29, 1.82) is 0 Å². The summed E-state index contributed by atoms with van der Waals surface area (Å²) in [6, 6.07) is 11.8. The van der Waals surface area contributed by atoms with E-state index < -0.39 is 17.6 Å². The van der Waals surface area contributed by atoms with Gasteiger partial charge in [-0.3, -0.25) is 20.4 Å². The van der Waals surface area contributed by atoms with Crippen LogP contribution in [0.1, 0.15) is 26.5 Å². The molecule has 132 valence electrons. The van der Waals surface area contributed by atoms with Gasteiger partial charge in [-0.15, -0.1) is 5.10 Å². The normalized spacial score (nSPS) is 10.4. The lowest BCUT2D eigenvalue weighted by Crippen LogP contribution is -2.42. The van der Waals surface area contributed by atoms with Crippen LogP contribution in [0.2, 0.25) is 5.02 Å². The molecule has 26 heavy (non-hydrogen) atoms. The van der Waals surface area contributed by atoms with E-state index in [1.54, 1.807) is 31.2 Å². The highest BCUT2D eigenvalue weighted by Crippen LogP contribution is 2.16. The summed E-state index contributed by atoms with van der Waals surface area (Å²) in [7, 11) is 0. The summed E-state index contributed by atoms with van der Waals surface area (Å²) in [6.07, 6.45) is 0. The molecule has 2 N–H and O–H groups in total. The number of nitrogens with zero attached hydrogens (tertiary/aromatic N) is 3. The Balaban J connectivity index is 1.71. The van der Waals surface area contributed by atoms with E-state index in [9.17, 15) is 14.0 Å². The van der Waals surface area contributed by atoms with Gasteiger partial charge < -0.3 is 0 Å². The molecule has 2 aromatic carbocycles. The van der Waals surface area contributed by atoms with Crippen LogP contribution in [0.4, 0.5) is 4.39 Å². The van der Waals surface area contributed by atoms with Crippen molar-refractivity contribution in [2.45, 2.75) is 6.92 Å². The van der Waals surface area contributed by atoms with Crippen LogP contribution >= 0.6 is 11.6 Å². The number of rotatable bonds is 3. The molecule has 3 rings (SSSR count). The molecule has 0 fully saturated rings. The van der Waals surface area contributed by atoms with Crippen LogP contribution < -0.4 is 10.9 Å². The van der Waals surface area contributed by atoms with E-state index in [2.05, 4.69) is 21.2 Å². The zero-order valence-electron chi connectivity index (χ0n) is 13.5. The van der Waals surface area contributed by atoms with E-state index in [0.29, 0.717) is 16.4 Å². The number of hydrogen-bond acceptors (Lipinski definition) is 4. The van der Waals surface area contributed by atoms with Crippen LogP contribution in [0.15, 0.2) is 48.5 Å². The lowest BCUT2D eigenvalue weighted by atomic mass is 10.2. The van der Waals surface area contributed by atoms with Crippen LogP contribution in [0.3, 0.4) is 0 Å². The molecule has 1 aromatic heterocycles. The lowest BCUT2D eigenvalue weighted by molar-refractivity contribution is 0.0843. The number of carbonyl (C=O) groups is 2. The molecule has 2 amide bonds. The number of hydrogen-bond donors (Lipinski definition) is 2. The molecule has 0 unspecified atom stereocenters. The highest BCUT2D eigenvalue weighted by Gasteiger charge is 2.18. The minimum atomic E-state index is -0.633. The standard InChI is InChI=1S/C17H13ClFN5O2/c1-10-15(20-23-24(10)14-4-2-3-12(18)9-14)17(26)22-21-16(25)11-5-7-13(19)8-6-11/h2-9H,1H3,(H,21,25)(H,22,26). The molecule has 1 heterocycles. The Kier molecular flexibility index (Phi) is 4.94. The van der Waals surface area contributed by atoms with Gasteiger partial charge in [0, 0.05) is 10.6 Å². The van der Waals surface area contributed by atoms with Crippen molar-refractivity contribution in [2.75, 3.05) is 0 Å². The van der Waals surface area contributed by atoms with Crippen LogP contribution in [-0.4, -0.2) is 26.8 Å². The maximum atomic E-state index is 12.9. The Morgan fingerprint density at radius 1 is 1.08 bits per heavy atom. The van der Waals surface area contributed by atoms with Crippen molar-refractivity contribution in [3.05, 3.63) is 76.3 Å². The van der Waals surface area contributed by atoms with Crippen molar-refractivity contribution in [3.63, 3.8) is 0 Å². The smallest absolute Gasteiger partial charge is 0.267 e. The van der Waals surface area contributed by atoms with Crippen LogP contribution in [0.25, 0.3) is 5.69 Å². The van der Waals surface area contributed by atoms with Gasteiger partial charge in [0.25, 0.3) is 11.8 Å². The third-order valence-electron chi connectivity index (χ3n) is 3.56. The monoisotopic (exact) mass is 373 g/mol. The summed E-state index contributed by atoms with van der Waals surface area (Å²) in [5, 5.41) is 8.30. The number of hydrazine groups is 1. The van der Waals surface area contributed by atoms with Crippen molar-refractivity contribution < 1.29 is 14.0 Å². The Hall–Kier alpha value is -3.26. The Bertz CT molecular complexity index is 972. The first-order valence-corrected chi connectivity index (χ1v) is 7.88. The van der Waals surface area contributed by atoms with Gasteiger partial charge >= 0.3 is 0 Å². The van der Waals surface area contributed by atoms with Gasteiger partial charge in [0.05, 0.1) is 11.4 Å². The Morgan fingerprint density at radius 3 is 2.46 bits per heavy atom. The lowest BCUT2D eigenvalue weighted by Gasteiger charge is -2.07. The highest BCUT2D eigenvalue weighted by atomic mass is 35.5. The summed E-state index contributed by atoms with van der Waals surface area (Å²) < 4.78 is 14.3. The zero-order valence-corrected chi connectivity index (χ0v) is 14.3. The fourth-order valence-corrected chi connectivity index (χ4v) is 2.42. The second-order valence-electron chi connectivity index (χ2n) is 5.33. The van der Waals surface area contributed by atoms with Crippen molar-refractivity contribution >= 4 is 23.4 Å². The first-order chi connectivity index (χ1) is 12.5. The van der Waals surface area contributed by atoms with Gasteiger partial charge in [0.2, 0.25) is 0 Å². The maximum absolute atomic E-state index is 12.9. The van der Waals surface area contributed by atoms with Crippen LogP contribution in [-0.2, 0) is 0 Å². The van der Waals surface area contributed by atoms with E-state index in [1.807, 2.05) is 0 Å². The average molecular weight is 374 g/mol. The van der Waals surface area contributed by atoms with Gasteiger partial charge in [0.1, 0.15) is 5.82 Å². The number of carbonyl (C=O) groups excluding carboxylic acids is 2. The predicted molar refractivity (Wildman–Crippen MR) is 92.4 cm³/mol. The SMILES string of the molecule is Cc1c(C(=O)NNC(=O)c2ccc(F)cc2)nnn1-c1cccc(Cl)c1. The number of benzene rings is 2. The molecule has 0 saturated carbocycles. The topological polar surface area (TPSA) is 88.9 Å². The summed E-state index contributed by atoms with van der Waals surface area (Å²) in [5.74, 6) is -1.68. The van der Waals surface area contributed by atoms with E-state index in [1.165, 1.54) is 16.8 Å². The second-order valence-corrected chi connectivity index (χ2v) is 5.77.